The van der Waals surface area contributed by atoms with E-state index in [-0.39, 0.29) is 6.54 Å². The highest BCUT2D eigenvalue weighted by Gasteiger charge is 2.05. The Kier molecular flexibility index (Phi) is 1.96. The standard InChI is InChI=1S/C8H10N4O/c9-3-7(13)6-1-2-8-10-5-11-12(8)4-6/h1-2,4-5,7,13H,3,9H2. The molecule has 2 rings (SSSR count). The molecular formula is C8H10N4O. The number of hydrogen-bond donors (Lipinski definition) is 2. The summed E-state index contributed by atoms with van der Waals surface area (Å²) in [6.07, 6.45) is 2.56. The highest BCUT2D eigenvalue weighted by Crippen LogP contribution is 2.11. The summed E-state index contributed by atoms with van der Waals surface area (Å²) in [4.78, 5) is 3.98. The number of fused-ring (bicyclic) bond motifs is 1. The number of rotatable bonds is 2. The van der Waals surface area contributed by atoms with Gasteiger partial charge in [0, 0.05) is 18.3 Å². The molecule has 0 spiro atoms. The monoisotopic (exact) mass is 178 g/mol. The molecule has 2 aromatic heterocycles. The SMILES string of the molecule is NCC(O)c1ccc2ncnn2c1. The van der Waals surface area contributed by atoms with Crippen molar-refractivity contribution in [1.82, 2.24) is 14.6 Å². The van der Waals surface area contributed by atoms with E-state index in [9.17, 15) is 5.11 Å². The van der Waals surface area contributed by atoms with Gasteiger partial charge < -0.3 is 10.8 Å². The van der Waals surface area contributed by atoms with Crippen molar-refractivity contribution in [3.05, 3.63) is 30.2 Å². The minimum Gasteiger partial charge on any atom is -0.387 e. The maximum absolute atomic E-state index is 9.44. The average molecular weight is 178 g/mol. The molecule has 0 aliphatic carbocycles. The van der Waals surface area contributed by atoms with Crippen LogP contribution in [0.25, 0.3) is 5.65 Å². The zero-order valence-corrected chi connectivity index (χ0v) is 6.96. The number of aromatic nitrogens is 3. The van der Waals surface area contributed by atoms with Crippen LogP contribution >= 0.6 is 0 Å². The molecule has 13 heavy (non-hydrogen) atoms. The quantitative estimate of drug-likeness (QED) is 0.663. The highest BCUT2D eigenvalue weighted by atomic mass is 16.3. The molecule has 2 aromatic rings. The van der Waals surface area contributed by atoms with Crippen LogP contribution in [0.4, 0.5) is 0 Å². The molecule has 0 bridgehead atoms. The first-order valence-corrected chi connectivity index (χ1v) is 3.98. The van der Waals surface area contributed by atoms with E-state index in [4.69, 9.17) is 5.73 Å². The lowest BCUT2D eigenvalue weighted by Crippen LogP contribution is -2.12. The smallest absolute Gasteiger partial charge is 0.155 e. The molecule has 0 aromatic carbocycles. The summed E-state index contributed by atoms with van der Waals surface area (Å²) in [5.41, 5.74) is 6.84. The van der Waals surface area contributed by atoms with Gasteiger partial charge in [0.1, 0.15) is 6.33 Å². The van der Waals surface area contributed by atoms with Crippen molar-refractivity contribution in [2.75, 3.05) is 6.54 Å². The second-order valence-electron chi connectivity index (χ2n) is 2.78. The van der Waals surface area contributed by atoms with Crippen molar-refractivity contribution in [2.24, 2.45) is 5.73 Å². The molecule has 0 aliphatic rings. The van der Waals surface area contributed by atoms with Gasteiger partial charge in [0.25, 0.3) is 0 Å². The van der Waals surface area contributed by atoms with Crippen LogP contribution in [0.2, 0.25) is 0 Å². The number of nitrogens with two attached hydrogens (primary N) is 1. The fraction of sp³-hybridized carbons (Fsp3) is 0.250. The number of aliphatic hydroxyl groups is 1. The van der Waals surface area contributed by atoms with Crippen molar-refractivity contribution < 1.29 is 5.11 Å². The fourth-order valence-electron chi connectivity index (χ4n) is 1.17. The van der Waals surface area contributed by atoms with Crippen LogP contribution in [0, 0.1) is 0 Å². The number of aliphatic hydroxyl groups excluding tert-OH is 1. The van der Waals surface area contributed by atoms with Crippen LogP contribution in [0.5, 0.6) is 0 Å². The summed E-state index contributed by atoms with van der Waals surface area (Å²) < 4.78 is 1.61. The summed E-state index contributed by atoms with van der Waals surface area (Å²) in [5.74, 6) is 0. The van der Waals surface area contributed by atoms with E-state index in [1.54, 1.807) is 22.8 Å². The Balaban J connectivity index is 2.48. The molecule has 68 valence electrons. The van der Waals surface area contributed by atoms with Crippen LogP contribution in [0.3, 0.4) is 0 Å². The number of hydrogen-bond acceptors (Lipinski definition) is 4. The first-order valence-electron chi connectivity index (χ1n) is 3.98. The van der Waals surface area contributed by atoms with Crippen LogP contribution < -0.4 is 5.73 Å². The fourth-order valence-corrected chi connectivity index (χ4v) is 1.17. The Hall–Kier alpha value is -1.46. The molecule has 3 N–H and O–H groups in total. The Labute approximate surface area is 74.8 Å². The highest BCUT2D eigenvalue weighted by molar-refractivity contribution is 5.37. The average Bonchev–Trinajstić information content (AvgIpc) is 2.63. The van der Waals surface area contributed by atoms with Gasteiger partial charge in [-0.25, -0.2) is 9.50 Å². The van der Waals surface area contributed by atoms with Gasteiger partial charge in [0.05, 0.1) is 6.10 Å². The number of pyridine rings is 1. The molecular weight excluding hydrogens is 168 g/mol. The molecule has 0 amide bonds. The largest absolute Gasteiger partial charge is 0.387 e. The lowest BCUT2D eigenvalue weighted by Gasteiger charge is -2.06. The molecule has 0 saturated carbocycles. The molecule has 0 fully saturated rings. The minimum atomic E-state index is -0.631. The van der Waals surface area contributed by atoms with Gasteiger partial charge in [-0.05, 0) is 6.07 Å². The summed E-state index contributed by atoms with van der Waals surface area (Å²) >= 11 is 0. The van der Waals surface area contributed by atoms with E-state index in [0.29, 0.717) is 0 Å². The Morgan fingerprint density at radius 3 is 3.15 bits per heavy atom. The Morgan fingerprint density at radius 2 is 2.38 bits per heavy atom. The third-order valence-corrected chi connectivity index (χ3v) is 1.91. The van der Waals surface area contributed by atoms with Crippen molar-refractivity contribution in [1.29, 1.82) is 0 Å². The van der Waals surface area contributed by atoms with Crippen molar-refractivity contribution in [3.8, 4) is 0 Å². The van der Waals surface area contributed by atoms with Gasteiger partial charge in [-0.2, -0.15) is 5.10 Å². The summed E-state index contributed by atoms with van der Waals surface area (Å²) in [6, 6.07) is 3.59. The van der Waals surface area contributed by atoms with Gasteiger partial charge >= 0.3 is 0 Å². The van der Waals surface area contributed by atoms with Gasteiger partial charge in [-0.15, -0.1) is 0 Å². The van der Waals surface area contributed by atoms with Crippen molar-refractivity contribution in [2.45, 2.75) is 6.10 Å². The lowest BCUT2D eigenvalue weighted by molar-refractivity contribution is 0.186. The zero-order valence-electron chi connectivity index (χ0n) is 6.96. The molecule has 5 nitrogen and oxygen atoms in total. The maximum Gasteiger partial charge on any atom is 0.155 e. The van der Waals surface area contributed by atoms with Gasteiger partial charge in [0.2, 0.25) is 0 Å². The second kappa shape index (κ2) is 3.12. The van der Waals surface area contributed by atoms with Crippen molar-refractivity contribution >= 4 is 5.65 Å². The third kappa shape index (κ3) is 1.39. The van der Waals surface area contributed by atoms with E-state index in [2.05, 4.69) is 10.1 Å². The number of nitrogens with zero attached hydrogens (tertiary/aromatic N) is 3. The molecule has 1 unspecified atom stereocenters. The van der Waals surface area contributed by atoms with E-state index in [1.807, 2.05) is 0 Å². The Bertz CT molecular complexity index is 411. The predicted molar refractivity (Wildman–Crippen MR) is 47.0 cm³/mol. The summed E-state index contributed by atoms with van der Waals surface area (Å²) in [6.45, 7) is 0.209. The second-order valence-corrected chi connectivity index (χ2v) is 2.78. The van der Waals surface area contributed by atoms with Gasteiger partial charge in [-0.1, -0.05) is 6.07 Å². The van der Waals surface area contributed by atoms with Crippen LogP contribution in [0.1, 0.15) is 11.7 Å². The molecule has 0 saturated heterocycles. The summed E-state index contributed by atoms with van der Waals surface area (Å²) in [5, 5.41) is 13.4. The molecule has 0 radical (unpaired) electrons. The first-order chi connectivity index (χ1) is 6.31. The van der Waals surface area contributed by atoms with E-state index in [1.165, 1.54) is 6.33 Å². The minimum absolute atomic E-state index is 0.209. The third-order valence-electron chi connectivity index (χ3n) is 1.91. The van der Waals surface area contributed by atoms with E-state index < -0.39 is 6.10 Å². The van der Waals surface area contributed by atoms with Crippen LogP contribution in [0.15, 0.2) is 24.7 Å². The molecule has 2 heterocycles. The van der Waals surface area contributed by atoms with Crippen molar-refractivity contribution in [3.63, 3.8) is 0 Å². The predicted octanol–water partition coefficient (Wildman–Crippen LogP) is -0.279. The van der Waals surface area contributed by atoms with E-state index in [0.717, 1.165) is 11.2 Å². The molecule has 0 aliphatic heterocycles. The zero-order chi connectivity index (χ0) is 9.26. The molecule has 1 atom stereocenters. The van der Waals surface area contributed by atoms with Gasteiger partial charge in [0.15, 0.2) is 5.65 Å². The van der Waals surface area contributed by atoms with Crippen LogP contribution in [-0.2, 0) is 0 Å². The summed E-state index contributed by atoms with van der Waals surface area (Å²) in [7, 11) is 0. The van der Waals surface area contributed by atoms with Gasteiger partial charge in [-0.3, -0.25) is 0 Å². The van der Waals surface area contributed by atoms with E-state index >= 15 is 0 Å². The molecule has 5 heteroatoms. The first kappa shape index (κ1) is 8.15. The Morgan fingerprint density at radius 1 is 1.54 bits per heavy atom. The lowest BCUT2D eigenvalue weighted by atomic mass is 10.2. The normalized spacial score (nSPS) is 13.4. The topological polar surface area (TPSA) is 76.4 Å². The maximum atomic E-state index is 9.44. The van der Waals surface area contributed by atoms with Crippen LogP contribution in [-0.4, -0.2) is 26.2 Å².